The fourth-order valence-corrected chi connectivity index (χ4v) is 6.81. The molecule has 0 aliphatic carbocycles. The highest BCUT2D eigenvalue weighted by Gasteiger charge is 2.26. The molecule has 0 N–H and O–H groups in total. The molecule has 0 fully saturated rings. The van der Waals surface area contributed by atoms with Crippen molar-refractivity contribution in [2.24, 2.45) is 0 Å². The lowest BCUT2D eigenvalue weighted by Crippen LogP contribution is -2.03. The largest absolute Gasteiger partial charge is 0.218 e. The molecule has 0 amide bonds. The van der Waals surface area contributed by atoms with Gasteiger partial charge in [-0.25, -0.2) is 16.8 Å². The first-order valence-corrected chi connectivity index (χ1v) is 10.9. The van der Waals surface area contributed by atoms with Crippen molar-refractivity contribution in [3.63, 3.8) is 0 Å². The Labute approximate surface area is 145 Å². The molecule has 0 spiro atoms. The molecule has 0 bridgehead atoms. The molecule has 0 radical (unpaired) electrons. The van der Waals surface area contributed by atoms with Crippen LogP contribution in [0.5, 0.6) is 0 Å². The monoisotopic (exact) mass is 378 g/mol. The summed E-state index contributed by atoms with van der Waals surface area (Å²) in [4.78, 5) is 0.323. The number of hydrogen-bond acceptors (Lipinski definition) is 5. The van der Waals surface area contributed by atoms with Crippen LogP contribution < -0.4 is 0 Å². The van der Waals surface area contributed by atoms with E-state index in [9.17, 15) is 16.8 Å². The van der Waals surface area contributed by atoms with Gasteiger partial charge < -0.3 is 0 Å². The first kappa shape index (κ1) is 16.9. The van der Waals surface area contributed by atoms with Crippen molar-refractivity contribution in [2.45, 2.75) is 25.8 Å². The molecular formula is C17H14O4S3. The van der Waals surface area contributed by atoms with E-state index in [2.05, 4.69) is 0 Å². The van der Waals surface area contributed by atoms with Crippen LogP contribution in [0.1, 0.15) is 5.56 Å². The maximum absolute atomic E-state index is 12.7. The lowest BCUT2D eigenvalue weighted by molar-refractivity contribution is 0.596. The van der Waals surface area contributed by atoms with Crippen molar-refractivity contribution in [1.29, 1.82) is 0 Å². The Balaban J connectivity index is 2.08. The average Bonchev–Trinajstić information content (AvgIpc) is 3.07. The summed E-state index contributed by atoms with van der Waals surface area (Å²) >= 11 is 0.914. The molecule has 3 rings (SSSR count). The Morgan fingerprint density at radius 1 is 0.750 bits per heavy atom. The van der Waals surface area contributed by atoms with E-state index in [-0.39, 0.29) is 18.9 Å². The van der Waals surface area contributed by atoms with E-state index in [0.717, 1.165) is 11.3 Å². The predicted molar refractivity (Wildman–Crippen MR) is 92.8 cm³/mol. The van der Waals surface area contributed by atoms with Gasteiger partial charge in [-0.1, -0.05) is 36.4 Å². The van der Waals surface area contributed by atoms with E-state index in [1.165, 1.54) is 29.6 Å². The average molecular weight is 378 g/mol. The molecule has 0 unspecified atom stereocenters. The zero-order valence-corrected chi connectivity index (χ0v) is 15.2. The van der Waals surface area contributed by atoms with Crippen molar-refractivity contribution in [3.8, 4) is 0 Å². The number of aryl methyl sites for hydroxylation is 1. The number of benzene rings is 2. The maximum Gasteiger partial charge on any atom is 0.216 e. The van der Waals surface area contributed by atoms with Gasteiger partial charge in [-0.2, -0.15) is 0 Å². The molecule has 0 saturated heterocycles. The smallest absolute Gasteiger partial charge is 0.216 e. The topological polar surface area (TPSA) is 68.3 Å². The van der Waals surface area contributed by atoms with Gasteiger partial charge in [-0.15, -0.1) is 11.3 Å². The second-order valence-corrected chi connectivity index (χ2v) is 10.2. The van der Waals surface area contributed by atoms with Crippen LogP contribution in [-0.2, 0) is 19.7 Å². The summed E-state index contributed by atoms with van der Waals surface area (Å²) in [5.41, 5.74) is 0.623. The highest BCUT2D eigenvalue weighted by molar-refractivity contribution is 7.94. The molecular weight excluding hydrogens is 364 g/mol. The third kappa shape index (κ3) is 2.90. The van der Waals surface area contributed by atoms with Crippen molar-refractivity contribution in [2.75, 3.05) is 0 Å². The Hall–Kier alpha value is -1.96. The fourth-order valence-electron chi connectivity index (χ4n) is 2.28. The van der Waals surface area contributed by atoms with Crippen LogP contribution in [-0.4, -0.2) is 16.8 Å². The summed E-state index contributed by atoms with van der Waals surface area (Å²) in [7, 11) is -7.46. The molecule has 1 aromatic heterocycles. The van der Waals surface area contributed by atoms with Gasteiger partial charge in [0.1, 0.15) is 4.21 Å². The summed E-state index contributed by atoms with van der Waals surface area (Å²) in [5.74, 6) is 0. The van der Waals surface area contributed by atoms with E-state index in [1.807, 2.05) is 0 Å². The van der Waals surface area contributed by atoms with Crippen LogP contribution in [0, 0.1) is 6.92 Å². The molecule has 24 heavy (non-hydrogen) atoms. The van der Waals surface area contributed by atoms with E-state index in [1.54, 1.807) is 43.3 Å². The van der Waals surface area contributed by atoms with Gasteiger partial charge in [0.2, 0.25) is 19.7 Å². The molecule has 7 heteroatoms. The minimum absolute atomic E-state index is 0.00846. The molecule has 2 aromatic carbocycles. The van der Waals surface area contributed by atoms with Crippen LogP contribution >= 0.6 is 11.3 Å². The third-order valence-electron chi connectivity index (χ3n) is 3.56. The van der Waals surface area contributed by atoms with Crippen LogP contribution in [0.2, 0.25) is 0 Å². The Bertz CT molecular complexity index is 1080. The first-order chi connectivity index (χ1) is 11.3. The second-order valence-electron chi connectivity index (χ2n) is 5.19. The minimum atomic E-state index is -3.74. The quantitative estimate of drug-likeness (QED) is 0.694. The maximum atomic E-state index is 12.7. The van der Waals surface area contributed by atoms with Gasteiger partial charge in [0, 0.05) is 5.38 Å². The molecule has 1 heterocycles. The molecule has 4 nitrogen and oxygen atoms in total. The Morgan fingerprint density at radius 2 is 1.38 bits per heavy atom. The summed E-state index contributed by atoms with van der Waals surface area (Å²) in [6.07, 6.45) is 0. The highest BCUT2D eigenvalue weighted by atomic mass is 32.2. The Morgan fingerprint density at radius 3 is 2.04 bits per heavy atom. The number of rotatable bonds is 4. The second kappa shape index (κ2) is 6.16. The summed E-state index contributed by atoms with van der Waals surface area (Å²) < 4.78 is 50.7. The van der Waals surface area contributed by atoms with Crippen molar-refractivity contribution >= 4 is 31.0 Å². The molecule has 0 saturated carbocycles. The normalized spacial score (nSPS) is 12.2. The lowest BCUT2D eigenvalue weighted by Gasteiger charge is -2.05. The van der Waals surface area contributed by atoms with Crippen LogP contribution in [0.3, 0.4) is 0 Å². The standard InChI is InChI=1S/C17H14O4S3/c1-13-7-5-6-10-16(13)24(20,21)17-11-15(12-22-17)23(18,19)14-8-3-2-4-9-14/h2-12H,1H3. The SMILES string of the molecule is Cc1ccccc1S(=O)(=O)c1cc(S(=O)(=O)c2ccccc2)cs1. The van der Waals surface area contributed by atoms with Crippen molar-refractivity contribution in [1.82, 2.24) is 0 Å². The van der Waals surface area contributed by atoms with Gasteiger partial charge in [-0.05, 0) is 36.8 Å². The molecule has 0 aliphatic rings. The zero-order valence-electron chi connectivity index (χ0n) is 12.7. The van der Waals surface area contributed by atoms with Gasteiger partial charge in [0.25, 0.3) is 0 Å². The zero-order chi connectivity index (χ0) is 17.4. The molecule has 3 aromatic rings. The summed E-state index contributed by atoms with van der Waals surface area (Å²) in [6, 6.07) is 15.8. The van der Waals surface area contributed by atoms with Crippen LogP contribution in [0.15, 0.2) is 84.9 Å². The van der Waals surface area contributed by atoms with Gasteiger partial charge >= 0.3 is 0 Å². The van der Waals surface area contributed by atoms with Gasteiger partial charge in [-0.3, -0.25) is 0 Å². The minimum Gasteiger partial charge on any atom is -0.218 e. The Kier molecular flexibility index (Phi) is 4.33. The number of sulfone groups is 2. The molecule has 124 valence electrons. The van der Waals surface area contributed by atoms with Crippen molar-refractivity contribution < 1.29 is 16.8 Å². The van der Waals surface area contributed by atoms with Crippen LogP contribution in [0.25, 0.3) is 0 Å². The van der Waals surface area contributed by atoms with E-state index in [0.29, 0.717) is 5.56 Å². The van der Waals surface area contributed by atoms with Crippen LogP contribution in [0.4, 0.5) is 0 Å². The summed E-state index contributed by atoms with van der Waals surface area (Å²) in [5, 5.41) is 1.37. The van der Waals surface area contributed by atoms with Gasteiger partial charge in [0.15, 0.2) is 0 Å². The molecule has 0 atom stereocenters. The van der Waals surface area contributed by atoms with Gasteiger partial charge in [0.05, 0.1) is 14.7 Å². The fraction of sp³-hybridized carbons (Fsp3) is 0.0588. The first-order valence-electron chi connectivity index (χ1n) is 7.03. The van der Waals surface area contributed by atoms with Crippen molar-refractivity contribution in [3.05, 3.63) is 71.6 Å². The van der Waals surface area contributed by atoms with E-state index < -0.39 is 19.7 Å². The number of thiophene rings is 1. The lowest BCUT2D eigenvalue weighted by atomic mass is 10.2. The number of hydrogen-bond donors (Lipinski definition) is 0. The molecule has 0 aliphatic heterocycles. The summed E-state index contributed by atoms with van der Waals surface area (Å²) in [6.45, 7) is 1.71. The van der Waals surface area contributed by atoms with E-state index in [4.69, 9.17) is 0 Å². The van der Waals surface area contributed by atoms with E-state index >= 15 is 0 Å². The highest BCUT2D eigenvalue weighted by Crippen LogP contribution is 2.32. The third-order valence-corrected chi connectivity index (χ3v) is 8.81. The predicted octanol–water partition coefficient (Wildman–Crippen LogP) is 3.72.